The number of piperidine rings is 1. The van der Waals surface area contributed by atoms with Crippen LogP contribution in [-0.4, -0.2) is 107 Å². The zero-order valence-corrected chi connectivity index (χ0v) is 29.3. The molecule has 1 saturated carbocycles. The summed E-state index contributed by atoms with van der Waals surface area (Å²) in [6, 6.07) is 13.2. The summed E-state index contributed by atoms with van der Waals surface area (Å²) in [5.74, 6) is 0.202. The van der Waals surface area contributed by atoms with Crippen LogP contribution in [0.1, 0.15) is 69.4 Å². The van der Waals surface area contributed by atoms with Crippen molar-refractivity contribution >= 4 is 41.0 Å². The lowest BCUT2D eigenvalue weighted by Crippen LogP contribution is -2.53. The van der Waals surface area contributed by atoms with Crippen molar-refractivity contribution in [2.75, 3.05) is 62.6 Å². The number of nitrogens with one attached hydrogen (secondary N) is 1. The molecule has 7 rings (SSSR count). The molecule has 1 N–H and O–H groups in total. The van der Waals surface area contributed by atoms with Gasteiger partial charge in [-0.15, -0.1) is 11.8 Å². The van der Waals surface area contributed by atoms with Crippen molar-refractivity contribution in [1.29, 1.82) is 0 Å². The van der Waals surface area contributed by atoms with Crippen LogP contribution < -0.4 is 10.2 Å². The first-order valence-electron chi connectivity index (χ1n) is 17.7. The molecule has 4 aliphatic heterocycles. The molecule has 5 aliphatic rings. The molecule has 0 radical (unpaired) electrons. The summed E-state index contributed by atoms with van der Waals surface area (Å²) in [7, 11) is 0. The number of amides is 4. The van der Waals surface area contributed by atoms with Gasteiger partial charge < -0.3 is 24.9 Å². The molecule has 9 nitrogen and oxygen atoms in total. The van der Waals surface area contributed by atoms with E-state index < -0.39 is 5.25 Å². The molecule has 0 unspecified atom stereocenters. The van der Waals surface area contributed by atoms with E-state index in [1.165, 1.54) is 17.8 Å². The predicted octanol–water partition coefficient (Wildman–Crippen LogP) is 5.57. The van der Waals surface area contributed by atoms with Gasteiger partial charge in [-0.1, -0.05) is 30.3 Å². The molecular weight excluding hydrogens is 628 g/mol. The Morgan fingerprint density at radius 1 is 0.917 bits per heavy atom. The summed E-state index contributed by atoms with van der Waals surface area (Å²) < 4.78 is 15.7. The van der Waals surface area contributed by atoms with Gasteiger partial charge in [-0.25, -0.2) is 9.18 Å². The molecule has 11 heteroatoms. The van der Waals surface area contributed by atoms with Gasteiger partial charge in [-0.2, -0.15) is 0 Å². The zero-order valence-electron chi connectivity index (χ0n) is 28.5. The van der Waals surface area contributed by atoms with Crippen molar-refractivity contribution in [1.82, 2.24) is 19.6 Å². The minimum Gasteiger partial charge on any atom is -0.366 e. The SMILES string of the molecule is CC(C)(C)N1CCN(c2c(F)cccc2[C@H]2S[C@@H](CC(=O)N3CCC(N4CCc5ccccc5NC4=O)CC3)C(=O)N2CC2CC2)CC1. The fourth-order valence-corrected chi connectivity index (χ4v) is 9.32. The number of thioether (sulfide) groups is 1. The summed E-state index contributed by atoms with van der Waals surface area (Å²) >= 11 is 1.52. The number of halogens is 1. The van der Waals surface area contributed by atoms with Gasteiger partial charge in [0.25, 0.3) is 0 Å². The Hall–Kier alpha value is -3.31. The first-order chi connectivity index (χ1) is 23.1. The molecule has 0 aromatic heterocycles. The van der Waals surface area contributed by atoms with E-state index in [0.29, 0.717) is 50.6 Å². The largest absolute Gasteiger partial charge is 0.366 e. The van der Waals surface area contributed by atoms with Gasteiger partial charge in [-0.05, 0) is 76.5 Å². The molecule has 2 aromatic carbocycles. The molecule has 2 atom stereocenters. The number of hydrogen-bond acceptors (Lipinski definition) is 6. The molecule has 3 saturated heterocycles. The first kappa shape index (κ1) is 33.2. The number of piperazine rings is 1. The van der Waals surface area contributed by atoms with Crippen LogP contribution in [0, 0.1) is 11.7 Å². The number of fused-ring (bicyclic) bond motifs is 1. The minimum absolute atomic E-state index is 0.00583. The van der Waals surface area contributed by atoms with Crippen LogP contribution in [0.5, 0.6) is 0 Å². The van der Waals surface area contributed by atoms with Crippen LogP contribution >= 0.6 is 11.8 Å². The average molecular weight is 677 g/mol. The molecule has 0 spiro atoms. The van der Waals surface area contributed by atoms with Gasteiger partial charge in [0.05, 0.1) is 10.9 Å². The highest BCUT2D eigenvalue weighted by Gasteiger charge is 2.46. The fourth-order valence-electron chi connectivity index (χ4n) is 7.85. The van der Waals surface area contributed by atoms with Crippen molar-refractivity contribution < 1.29 is 18.8 Å². The summed E-state index contributed by atoms with van der Waals surface area (Å²) in [4.78, 5) is 51.1. The number of para-hydroxylation sites is 2. The Labute approximate surface area is 288 Å². The van der Waals surface area contributed by atoms with E-state index in [2.05, 4.69) is 42.0 Å². The number of benzene rings is 2. The maximum atomic E-state index is 15.7. The lowest BCUT2D eigenvalue weighted by atomic mass is 10.0. The van der Waals surface area contributed by atoms with Gasteiger partial charge in [0.2, 0.25) is 11.8 Å². The molecule has 4 heterocycles. The van der Waals surface area contributed by atoms with Crippen molar-refractivity contribution in [2.45, 2.75) is 81.5 Å². The van der Waals surface area contributed by atoms with Gasteiger partial charge >= 0.3 is 6.03 Å². The molecular formula is C37H49FN6O3S. The number of carbonyl (C=O) groups is 3. The average Bonchev–Trinajstić information content (AvgIpc) is 3.87. The van der Waals surface area contributed by atoms with Gasteiger partial charge in [-0.3, -0.25) is 14.5 Å². The second kappa shape index (κ2) is 13.5. The summed E-state index contributed by atoms with van der Waals surface area (Å²) in [6.07, 6.45) is 4.57. The maximum absolute atomic E-state index is 15.7. The van der Waals surface area contributed by atoms with E-state index in [0.717, 1.165) is 62.3 Å². The van der Waals surface area contributed by atoms with E-state index in [4.69, 9.17) is 0 Å². The maximum Gasteiger partial charge on any atom is 0.322 e. The number of likely N-dealkylation sites (tertiary alicyclic amines) is 1. The van der Waals surface area contributed by atoms with E-state index in [9.17, 15) is 14.4 Å². The monoisotopic (exact) mass is 676 g/mol. The van der Waals surface area contributed by atoms with Crippen molar-refractivity contribution in [3.05, 3.63) is 59.4 Å². The van der Waals surface area contributed by atoms with E-state index in [1.807, 2.05) is 39.0 Å². The second-order valence-corrected chi connectivity index (χ2v) is 16.4. The Bertz CT molecular complexity index is 1530. The van der Waals surface area contributed by atoms with Crippen LogP contribution in [0.25, 0.3) is 0 Å². The van der Waals surface area contributed by atoms with Crippen molar-refractivity contribution in [3.63, 3.8) is 0 Å². The highest BCUT2D eigenvalue weighted by atomic mass is 32.2. The number of hydrogen-bond donors (Lipinski definition) is 1. The normalized spacial score (nSPS) is 24.5. The standard InChI is InChI=1S/C37H49FN6O3S/c1-37(2,3)42-21-19-41(20-22-42)33-28(8-6-9-29(33)38)35-44(24-25-11-12-25)34(46)31(48-35)23-32(45)40-16-14-27(15-17-40)43-18-13-26-7-4-5-10-30(26)39-36(43)47/h4-10,25,27,31,35H,11-24H2,1-3H3,(H,39,47)/t31-,35+/m0/s1. The summed E-state index contributed by atoms with van der Waals surface area (Å²) in [6.45, 7) is 12.2. The Morgan fingerprint density at radius 3 is 2.35 bits per heavy atom. The van der Waals surface area contributed by atoms with Crippen LogP contribution in [0.4, 0.5) is 20.6 Å². The molecule has 258 valence electrons. The highest BCUT2D eigenvalue weighted by Crippen LogP contribution is 2.49. The van der Waals surface area contributed by atoms with Crippen LogP contribution in [0.15, 0.2) is 42.5 Å². The summed E-state index contributed by atoms with van der Waals surface area (Å²) in [5.41, 5.74) is 3.52. The van der Waals surface area contributed by atoms with Gasteiger partial charge in [0, 0.05) is 81.6 Å². The van der Waals surface area contributed by atoms with E-state index >= 15 is 4.39 Å². The summed E-state index contributed by atoms with van der Waals surface area (Å²) in [5, 5.41) is 2.25. The number of nitrogens with zero attached hydrogens (tertiary/aromatic N) is 5. The number of urea groups is 1. The lowest BCUT2D eigenvalue weighted by Gasteiger charge is -2.43. The Kier molecular flexibility index (Phi) is 9.36. The second-order valence-electron chi connectivity index (χ2n) is 15.1. The topological polar surface area (TPSA) is 79.4 Å². The van der Waals surface area contributed by atoms with Crippen LogP contribution in [-0.2, 0) is 16.0 Å². The van der Waals surface area contributed by atoms with Gasteiger partial charge in [0.1, 0.15) is 11.2 Å². The molecule has 4 amide bonds. The first-order valence-corrected chi connectivity index (χ1v) is 18.7. The van der Waals surface area contributed by atoms with E-state index in [-0.39, 0.29) is 47.0 Å². The molecule has 2 aromatic rings. The highest BCUT2D eigenvalue weighted by molar-refractivity contribution is 8.01. The lowest BCUT2D eigenvalue weighted by molar-refractivity contribution is -0.137. The Morgan fingerprint density at radius 2 is 1.65 bits per heavy atom. The minimum atomic E-state index is -0.497. The smallest absolute Gasteiger partial charge is 0.322 e. The molecule has 4 fully saturated rings. The Balaban J connectivity index is 1.01. The third-order valence-electron chi connectivity index (χ3n) is 10.9. The third kappa shape index (κ3) is 6.90. The van der Waals surface area contributed by atoms with Crippen molar-refractivity contribution in [2.24, 2.45) is 5.92 Å². The fraction of sp³-hybridized carbons (Fsp3) is 0.595. The molecule has 0 bridgehead atoms. The quantitative estimate of drug-likeness (QED) is 0.414. The molecule has 48 heavy (non-hydrogen) atoms. The molecule has 1 aliphatic carbocycles. The van der Waals surface area contributed by atoms with Crippen molar-refractivity contribution in [3.8, 4) is 0 Å². The van der Waals surface area contributed by atoms with Gasteiger partial charge in [0.15, 0.2) is 0 Å². The predicted molar refractivity (Wildman–Crippen MR) is 189 cm³/mol. The van der Waals surface area contributed by atoms with Crippen LogP contribution in [0.2, 0.25) is 0 Å². The number of rotatable bonds is 7. The number of carbonyl (C=O) groups excluding carboxylic acids is 3. The zero-order chi connectivity index (χ0) is 33.6. The van der Waals surface area contributed by atoms with Crippen LogP contribution in [0.3, 0.4) is 0 Å². The van der Waals surface area contributed by atoms with E-state index in [1.54, 1.807) is 6.07 Å². The third-order valence-corrected chi connectivity index (χ3v) is 12.3. The number of anilines is 2.